The van der Waals surface area contributed by atoms with Gasteiger partial charge in [-0.2, -0.15) is 0 Å². The summed E-state index contributed by atoms with van der Waals surface area (Å²) in [5.41, 5.74) is 4.85. The fraction of sp³-hybridized carbons (Fsp3) is 0.100. The van der Waals surface area contributed by atoms with Crippen molar-refractivity contribution in [1.82, 2.24) is 0 Å². The largest absolute Gasteiger partial charge is 0.488 e. The van der Waals surface area contributed by atoms with Crippen molar-refractivity contribution in [2.45, 2.75) is 13.2 Å². The summed E-state index contributed by atoms with van der Waals surface area (Å²) in [6, 6.07) is 33.3. The van der Waals surface area contributed by atoms with Crippen molar-refractivity contribution in [3.05, 3.63) is 119 Å². The van der Waals surface area contributed by atoms with Gasteiger partial charge in [-0.25, -0.2) is 9.59 Å². The van der Waals surface area contributed by atoms with E-state index < -0.39 is 11.9 Å². The van der Waals surface area contributed by atoms with E-state index in [1.54, 1.807) is 0 Å². The first-order chi connectivity index (χ1) is 22.6. The Morgan fingerprint density at radius 2 is 1.07 bits per heavy atom. The van der Waals surface area contributed by atoms with Gasteiger partial charge in [0.2, 0.25) is 0 Å². The Hall–Kier alpha value is -5.88. The Balaban J connectivity index is 1.55. The van der Waals surface area contributed by atoms with Crippen LogP contribution < -0.4 is 9.47 Å². The van der Waals surface area contributed by atoms with Gasteiger partial charge in [-0.05, 0) is 49.8 Å². The first kappa shape index (κ1) is 26.5. The third-order valence-corrected chi connectivity index (χ3v) is 9.47. The van der Waals surface area contributed by atoms with E-state index in [2.05, 4.69) is 66.7 Å². The van der Waals surface area contributed by atoms with E-state index in [-0.39, 0.29) is 24.3 Å². The number of para-hydroxylation sites is 1. The summed E-state index contributed by atoms with van der Waals surface area (Å²) in [6.45, 7) is 0.163. The molecule has 2 heterocycles. The van der Waals surface area contributed by atoms with Crippen LogP contribution in [0.15, 0.2) is 97.1 Å². The molecule has 0 aromatic heterocycles. The molecule has 0 atom stereocenters. The molecular weight excluding hydrogens is 576 g/mol. The van der Waals surface area contributed by atoms with Gasteiger partial charge in [-0.3, -0.25) is 0 Å². The predicted octanol–water partition coefficient (Wildman–Crippen LogP) is 8.99. The first-order valence-corrected chi connectivity index (χ1v) is 15.1. The van der Waals surface area contributed by atoms with E-state index in [1.807, 2.05) is 30.3 Å². The van der Waals surface area contributed by atoms with Crippen LogP contribution in [0.5, 0.6) is 11.5 Å². The highest BCUT2D eigenvalue weighted by Gasteiger charge is 2.38. The molecule has 9 rings (SSSR count). The van der Waals surface area contributed by atoms with E-state index in [0.717, 1.165) is 65.3 Å². The minimum atomic E-state index is -0.633. The lowest BCUT2D eigenvalue weighted by Crippen LogP contribution is -2.24. The molecule has 0 spiro atoms. The first-order valence-electron chi connectivity index (χ1n) is 15.1. The highest BCUT2D eigenvalue weighted by Crippen LogP contribution is 2.55. The summed E-state index contributed by atoms with van der Waals surface area (Å²) in [4.78, 5) is 27.1. The number of benzene rings is 7. The van der Waals surface area contributed by atoms with Gasteiger partial charge in [0.05, 0.1) is 25.3 Å². The summed E-state index contributed by atoms with van der Waals surface area (Å²) in [5, 5.41) is 8.84. The zero-order chi connectivity index (χ0) is 31.1. The number of carbonyl (C=O) groups is 2. The topological polar surface area (TPSA) is 71.1 Å². The minimum Gasteiger partial charge on any atom is -0.488 e. The molecule has 6 heteroatoms. The summed E-state index contributed by atoms with van der Waals surface area (Å²) < 4.78 is 23.3. The average molecular weight is 603 g/mol. The van der Waals surface area contributed by atoms with Crippen LogP contribution in [0.4, 0.5) is 0 Å². The molecule has 7 aromatic rings. The molecule has 0 unspecified atom stereocenters. The van der Waals surface area contributed by atoms with E-state index in [0.29, 0.717) is 22.6 Å². The summed E-state index contributed by atoms with van der Waals surface area (Å²) >= 11 is 0. The smallest absolute Gasteiger partial charge is 0.339 e. The molecule has 0 fully saturated rings. The number of methoxy groups -OCH3 is 2. The normalized spacial score (nSPS) is 12.9. The van der Waals surface area contributed by atoms with Crippen LogP contribution in [0.25, 0.3) is 65.3 Å². The zero-order valence-electron chi connectivity index (χ0n) is 25.1. The fourth-order valence-corrected chi connectivity index (χ4v) is 7.55. The number of hydrogen-bond acceptors (Lipinski definition) is 6. The predicted molar refractivity (Wildman–Crippen MR) is 179 cm³/mol. The van der Waals surface area contributed by atoms with Gasteiger partial charge in [0.15, 0.2) is 0 Å². The van der Waals surface area contributed by atoms with Crippen molar-refractivity contribution >= 4 is 55.0 Å². The number of carbonyl (C=O) groups excluding carboxylic acids is 2. The molecule has 0 radical (unpaired) electrons. The van der Waals surface area contributed by atoms with Crippen LogP contribution in [0, 0.1) is 0 Å². The number of hydrogen-bond donors (Lipinski definition) is 0. The molecular formula is C40H26O6. The maximum Gasteiger partial charge on any atom is 0.339 e. The Morgan fingerprint density at radius 1 is 0.522 bits per heavy atom. The Kier molecular flexibility index (Phi) is 5.66. The van der Waals surface area contributed by atoms with Crippen LogP contribution in [0.1, 0.15) is 31.8 Å². The van der Waals surface area contributed by atoms with E-state index in [9.17, 15) is 9.59 Å². The number of fused-ring (bicyclic) bond motifs is 15. The maximum atomic E-state index is 13.6. The van der Waals surface area contributed by atoms with Crippen LogP contribution in [0.2, 0.25) is 0 Å². The summed E-state index contributed by atoms with van der Waals surface area (Å²) in [5.74, 6) is 0.145. The van der Waals surface area contributed by atoms with Crippen LogP contribution in [-0.4, -0.2) is 26.2 Å². The molecule has 222 valence electrons. The summed E-state index contributed by atoms with van der Waals surface area (Å²) in [6.07, 6.45) is 0. The van der Waals surface area contributed by atoms with E-state index in [1.165, 1.54) is 14.2 Å². The molecule has 46 heavy (non-hydrogen) atoms. The SMILES string of the molecule is COC(=O)c1c2c(c3c(c1C(=O)OC)COc1ccc4ccc5ccc6ccc7ccccc7c6c5c4c1-3)-c1ccccc1OC2. The Bertz CT molecular complexity index is 2480. The minimum absolute atomic E-state index is 0.0764. The third kappa shape index (κ3) is 3.52. The molecule has 0 saturated heterocycles. The second-order valence-electron chi connectivity index (χ2n) is 11.7. The van der Waals surface area contributed by atoms with Crippen molar-refractivity contribution in [2.75, 3.05) is 14.2 Å². The molecule has 2 aliphatic heterocycles. The lowest BCUT2D eigenvalue weighted by atomic mass is 9.77. The Labute approximate surface area is 263 Å². The number of ether oxygens (including phenoxy) is 4. The second kappa shape index (κ2) is 9.81. The molecule has 6 nitrogen and oxygen atoms in total. The van der Waals surface area contributed by atoms with Gasteiger partial charge in [-0.1, -0.05) is 84.9 Å². The standard InChI is InChI=1S/C40H26O6/c1-43-39(41)36-27-19-45-29-10-6-5-9-26(29)34(27)35-28(37(36)40(42)44-2)20-46-30-18-17-24-16-15-23-14-13-22-12-11-21-7-3-4-8-25(21)31(22)32(23)33(24)38(30)35/h3-18H,19-20H2,1-2H3. The van der Waals surface area contributed by atoms with Crippen molar-refractivity contribution in [2.24, 2.45) is 0 Å². The van der Waals surface area contributed by atoms with E-state index >= 15 is 0 Å². The van der Waals surface area contributed by atoms with Crippen LogP contribution >= 0.6 is 0 Å². The van der Waals surface area contributed by atoms with Gasteiger partial charge in [0.25, 0.3) is 0 Å². The van der Waals surface area contributed by atoms with Gasteiger partial charge in [0, 0.05) is 38.8 Å². The summed E-state index contributed by atoms with van der Waals surface area (Å²) in [7, 11) is 2.63. The fourth-order valence-electron chi connectivity index (χ4n) is 7.55. The van der Waals surface area contributed by atoms with Crippen LogP contribution in [-0.2, 0) is 22.7 Å². The van der Waals surface area contributed by atoms with Crippen molar-refractivity contribution in [1.29, 1.82) is 0 Å². The molecule has 0 amide bonds. The van der Waals surface area contributed by atoms with Gasteiger partial charge in [-0.15, -0.1) is 0 Å². The van der Waals surface area contributed by atoms with Crippen molar-refractivity contribution in [3.8, 4) is 33.8 Å². The highest BCUT2D eigenvalue weighted by atomic mass is 16.5. The van der Waals surface area contributed by atoms with Gasteiger partial charge < -0.3 is 18.9 Å². The van der Waals surface area contributed by atoms with Gasteiger partial charge >= 0.3 is 11.9 Å². The monoisotopic (exact) mass is 602 g/mol. The average Bonchev–Trinajstić information content (AvgIpc) is 3.12. The molecule has 0 saturated carbocycles. The zero-order valence-corrected chi connectivity index (χ0v) is 25.1. The van der Waals surface area contributed by atoms with Crippen LogP contribution in [0.3, 0.4) is 0 Å². The lowest BCUT2D eigenvalue weighted by molar-refractivity contribution is 0.0550. The Morgan fingerprint density at radius 3 is 1.78 bits per heavy atom. The van der Waals surface area contributed by atoms with Crippen molar-refractivity contribution in [3.63, 3.8) is 0 Å². The van der Waals surface area contributed by atoms with E-state index in [4.69, 9.17) is 18.9 Å². The van der Waals surface area contributed by atoms with Gasteiger partial charge in [0.1, 0.15) is 24.7 Å². The number of esters is 2. The maximum absolute atomic E-state index is 13.6. The molecule has 0 aliphatic carbocycles. The quantitative estimate of drug-likeness (QED) is 0.145. The highest BCUT2D eigenvalue weighted by molar-refractivity contribution is 6.31. The molecule has 7 aromatic carbocycles. The molecule has 0 bridgehead atoms. The van der Waals surface area contributed by atoms with Crippen molar-refractivity contribution < 1.29 is 28.5 Å². The second-order valence-corrected chi connectivity index (χ2v) is 11.7. The molecule has 2 aliphatic rings. The molecule has 0 N–H and O–H groups in total. The number of rotatable bonds is 2. The third-order valence-electron chi connectivity index (χ3n) is 9.47. The lowest BCUT2D eigenvalue weighted by Gasteiger charge is -2.32.